The molecule has 1 aliphatic heterocycles. The van der Waals surface area contributed by atoms with Crippen LogP contribution in [-0.2, 0) is 0 Å². The van der Waals surface area contributed by atoms with Gasteiger partial charge in [-0.2, -0.15) is 0 Å². The fraction of sp³-hybridized carbons (Fsp3) is 0.588. The summed E-state index contributed by atoms with van der Waals surface area (Å²) in [4.78, 5) is 14.8. The van der Waals surface area contributed by atoms with Crippen LogP contribution in [0.4, 0.5) is 0 Å². The van der Waals surface area contributed by atoms with Crippen LogP contribution < -0.4 is 5.32 Å². The largest absolute Gasteiger partial charge is 0.349 e. The first-order valence-corrected chi connectivity index (χ1v) is 7.93. The number of carbonyl (C=O) groups excluding carboxylic acids is 1. The number of carbonyl (C=O) groups is 1. The summed E-state index contributed by atoms with van der Waals surface area (Å²) in [5, 5.41) is 3.18. The molecule has 1 heterocycles. The third-order valence-corrected chi connectivity index (χ3v) is 4.74. The van der Waals surface area contributed by atoms with Gasteiger partial charge >= 0.3 is 0 Å². The average molecular weight is 272 g/mol. The summed E-state index contributed by atoms with van der Waals surface area (Å²) in [6.07, 6.45) is 7.73. The SMILES string of the molecule is O=C(NC1CCN(C2CCCC2)CC1)c1ccccc1. The minimum atomic E-state index is 0.0740. The number of likely N-dealkylation sites (tertiary alicyclic amines) is 1. The van der Waals surface area contributed by atoms with Crippen molar-refractivity contribution in [2.75, 3.05) is 13.1 Å². The molecule has 3 rings (SSSR count). The molecule has 1 aromatic carbocycles. The Labute approximate surface area is 121 Å². The van der Waals surface area contributed by atoms with Crippen LogP contribution in [0.25, 0.3) is 0 Å². The topological polar surface area (TPSA) is 32.3 Å². The van der Waals surface area contributed by atoms with E-state index in [1.165, 1.54) is 25.7 Å². The number of hydrogen-bond donors (Lipinski definition) is 1. The first-order chi connectivity index (χ1) is 9.83. The maximum atomic E-state index is 12.1. The van der Waals surface area contributed by atoms with Crippen molar-refractivity contribution in [3.8, 4) is 0 Å². The normalized spacial score (nSPS) is 22.0. The summed E-state index contributed by atoms with van der Waals surface area (Å²) in [5.41, 5.74) is 0.769. The molecule has 2 aliphatic rings. The van der Waals surface area contributed by atoms with Crippen molar-refractivity contribution < 1.29 is 4.79 Å². The monoisotopic (exact) mass is 272 g/mol. The van der Waals surface area contributed by atoms with E-state index in [-0.39, 0.29) is 5.91 Å². The van der Waals surface area contributed by atoms with Gasteiger partial charge in [0.2, 0.25) is 0 Å². The van der Waals surface area contributed by atoms with E-state index >= 15 is 0 Å². The number of piperidine rings is 1. The molecule has 0 unspecified atom stereocenters. The molecule has 0 radical (unpaired) electrons. The van der Waals surface area contributed by atoms with Crippen LogP contribution in [0.3, 0.4) is 0 Å². The van der Waals surface area contributed by atoms with Crippen LogP contribution in [0.2, 0.25) is 0 Å². The molecule has 3 heteroatoms. The van der Waals surface area contributed by atoms with E-state index in [1.54, 1.807) is 0 Å². The van der Waals surface area contributed by atoms with E-state index in [4.69, 9.17) is 0 Å². The van der Waals surface area contributed by atoms with Gasteiger partial charge in [0.05, 0.1) is 0 Å². The van der Waals surface area contributed by atoms with Gasteiger partial charge in [-0.25, -0.2) is 0 Å². The second-order valence-corrected chi connectivity index (χ2v) is 6.09. The van der Waals surface area contributed by atoms with Crippen LogP contribution in [0.5, 0.6) is 0 Å². The van der Waals surface area contributed by atoms with E-state index in [9.17, 15) is 4.79 Å². The van der Waals surface area contributed by atoms with Crippen molar-refractivity contribution in [1.29, 1.82) is 0 Å². The molecular weight excluding hydrogens is 248 g/mol. The van der Waals surface area contributed by atoms with E-state index in [0.717, 1.165) is 37.5 Å². The lowest BCUT2D eigenvalue weighted by atomic mass is 10.0. The third kappa shape index (κ3) is 3.21. The molecule has 108 valence electrons. The van der Waals surface area contributed by atoms with Crippen LogP contribution >= 0.6 is 0 Å². The molecule has 1 amide bonds. The van der Waals surface area contributed by atoms with Crippen LogP contribution in [0.1, 0.15) is 48.9 Å². The predicted octanol–water partition coefficient (Wildman–Crippen LogP) is 2.82. The quantitative estimate of drug-likeness (QED) is 0.917. The molecule has 0 spiro atoms. The number of nitrogens with zero attached hydrogens (tertiary/aromatic N) is 1. The number of amides is 1. The van der Waals surface area contributed by atoms with Crippen molar-refractivity contribution in [2.45, 2.75) is 50.6 Å². The Balaban J connectivity index is 1.47. The Morgan fingerprint density at radius 2 is 1.65 bits per heavy atom. The molecule has 1 aliphatic carbocycles. The highest BCUT2D eigenvalue weighted by Gasteiger charge is 2.27. The molecule has 1 saturated carbocycles. The van der Waals surface area contributed by atoms with Crippen molar-refractivity contribution in [3.05, 3.63) is 35.9 Å². The Hall–Kier alpha value is -1.35. The first-order valence-electron chi connectivity index (χ1n) is 7.93. The second-order valence-electron chi connectivity index (χ2n) is 6.09. The molecular formula is C17H24N2O. The minimum Gasteiger partial charge on any atom is -0.349 e. The summed E-state index contributed by atoms with van der Waals surface area (Å²) >= 11 is 0. The van der Waals surface area contributed by atoms with Gasteiger partial charge in [-0.15, -0.1) is 0 Å². The molecule has 1 saturated heterocycles. The number of benzene rings is 1. The molecule has 0 atom stereocenters. The van der Waals surface area contributed by atoms with E-state index in [1.807, 2.05) is 30.3 Å². The molecule has 2 fully saturated rings. The molecule has 0 bridgehead atoms. The number of nitrogens with one attached hydrogen (secondary N) is 1. The zero-order chi connectivity index (χ0) is 13.8. The van der Waals surface area contributed by atoms with Gasteiger partial charge in [0, 0.05) is 30.7 Å². The number of rotatable bonds is 3. The summed E-state index contributed by atoms with van der Waals surface area (Å²) < 4.78 is 0. The number of hydrogen-bond acceptors (Lipinski definition) is 2. The maximum Gasteiger partial charge on any atom is 0.251 e. The standard InChI is InChI=1S/C17H24N2O/c20-17(14-6-2-1-3-7-14)18-15-10-12-19(13-11-15)16-8-4-5-9-16/h1-3,6-7,15-16H,4-5,8-13H2,(H,18,20). The lowest BCUT2D eigenvalue weighted by molar-refractivity contribution is 0.0892. The Morgan fingerprint density at radius 3 is 2.30 bits per heavy atom. The average Bonchev–Trinajstić information content (AvgIpc) is 3.03. The van der Waals surface area contributed by atoms with Crippen molar-refractivity contribution in [3.63, 3.8) is 0 Å². The van der Waals surface area contributed by atoms with Gasteiger partial charge in [0.1, 0.15) is 0 Å². The van der Waals surface area contributed by atoms with Gasteiger partial charge in [0.25, 0.3) is 5.91 Å². The van der Waals surface area contributed by atoms with Gasteiger partial charge in [-0.3, -0.25) is 4.79 Å². The highest BCUT2D eigenvalue weighted by Crippen LogP contribution is 2.26. The Morgan fingerprint density at radius 1 is 1.00 bits per heavy atom. The smallest absolute Gasteiger partial charge is 0.251 e. The second kappa shape index (κ2) is 6.40. The molecule has 1 N–H and O–H groups in total. The lowest BCUT2D eigenvalue weighted by Gasteiger charge is -2.36. The summed E-state index contributed by atoms with van der Waals surface area (Å²) in [5.74, 6) is 0.0740. The van der Waals surface area contributed by atoms with Gasteiger partial charge < -0.3 is 10.2 Å². The summed E-state index contributed by atoms with van der Waals surface area (Å²) in [6, 6.07) is 10.7. The molecule has 3 nitrogen and oxygen atoms in total. The highest BCUT2D eigenvalue weighted by molar-refractivity contribution is 5.94. The molecule has 20 heavy (non-hydrogen) atoms. The Bertz CT molecular complexity index is 432. The fourth-order valence-corrected chi connectivity index (χ4v) is 3.54. The highest BCUT2D eigenvalue weighted by atomic mass is 16.1. The summed E-state index contributed by atoms with van der Waals surface area (Å²) in [7, 11) is 0. The lowest BCUT2D eigenvalue weighted by Crippen LogP contribution is -2.47. The van der Waals surface area contributed by atoms with Gasteiger partial charge in [0.15, 0.2) is 0 Å². The van der Waals surface area contributed by atoms with Crippen molar-refractivity contribution >= 4 is 5.91 Å². The summed E-state index contributed by atoms with van der Waals surface area (Å²) in [6.45, 7) is 2.29. The van der Waals surface area contributed by atoms with Crippen LogP contribution in [0.15, 0.2) is 30.3 Å². The zero-order valence-electron chi connectivity index (χ0n) is 12.1. The fourth-order valence-electron chi connectivity index (χ4n) is 3.54. The predicted molar refractivity (Wildman–Crippen MR) is 80.8 cm³/mol. The van der Waals surface area contributed by atoms with E-state index in [2.05, 4.69) is 10.2 Å². The first kappa shape index (κ1) is 13.6. The van der Waals surface area contributed by atoms with E-state index < -0.39 is 0 Å². The van der Waals surface area contributed by atoms with Gasteiger partial charge in [-0.05, 0) is 37.8 Å². The van der Waals surface area contributed by atoms with Crippen LogP contribution in [0, 0.1) is 0 Å². The minimum absolute atomic E-state index is 0.0740. The third-order valence-electron chi connectivity index (χ3n) is 4.74. The van der Waals surface area contributed by atoms with Gasteiger partial charge in [-0.1, -0.05) is 31.0 Å². The van der Waals surface area contributed by atoms with Crippen LogP contribution in [-0.4, -0.2) is 36.0 Å². The zero-order valence-corrected chi connectivity index (χ0v) is 12.1. The Kier molecular flexibility index (Phi) is 4.36. The van der Waals surface area contributed by atoms with Crippen molar-refractivity contribution in [2.24, 2.45) is 0 Å². The van der Waals surface area contributed by atoms with E-state index in [0.29, 0.717) is 6.04 Å². The maximum absolute atomic E-state index is 12.1. The molecule has 1 aromatic rings. The van der Waals surface area contributed by atoms with Crippen molar-refractivity contribution in [1.82, 2.24) is 10.2 Å². The molecule has 0 aromatic heterocycles.